The summed E-state index contributed by atoms with van der Waals surface area (Å²) in [4.78, 5) is 16.6. The molecular weight excluding hydrogens is 314 g/mol. The van der Waals surface area contributed by atoms with E-state index in [-0.39, 0.29) is 5.91 Å². The van der Waals surface area contributed by atoms with Gasteiger partial charge >= 0.3 is 0 Å². The van der Waals surface area contributed by atoms with Crippen LogP contribution in [0.3, 0.4) is 0 Å². The van der Waals surface area contributed by atoms with Crippen LogP contribution in [0, 0.1) is 0 Å². The number of carbonyl (C=O) groups is 1. The number of nitrogens with one attached hydrogen (secondary N) is 1. The minimum Gasteiger partial charge on any atom is -0.490 e. The SMILES string of the molecule is O=C(NCc1cccnc1)c1cc2c(Cl)ccc3c2n1CCO3. The minimum atomic E-state index is -0.131. The van der Waals surface area contributed by atoms with Crippen LogP contribution < -0.4 is 10.1 Å². The standard InChI is InChI=1S/C17H14ClN3O2/c18-13-3-4-15-16-12(13)8-14(21(16)6-7-23-15)17(22)20-10-11-2-1-5-19-9-11/h1-5,8-9H,6-7,10H2,(H,20,22). The maximum atomic E-state index is 12.6. The molecule has 3 aromatic rings. The van der Waals surface area contributed by atoms with Crippen LogP contribution in [0.5, 0.6) is 5.75 Å². The molecule has 0 aliphatic carbocycles. The predicted molar refractivity (Wildman–Crippen MR) is 87.9 cm³/mol. The first-order valence-electron chi connectivity index (χ1n) is 7.35. The molecule has 4 rings (SSSR count). The molecule has 1 aliphatic heterocycles. The van der Waals surface area contributed by atoms with E-state index in [1.165, 1.54) is 0 Å². The number of amides is 1. The van der Waals surface area contributed by atoms with Gasteiger partial charge < -0.3 is 14.6 Å². The number of hydrogen-bond acceptors (Lipinski definition) is 3. The fraction of sp³-hybridized carbons (Fsp3) is 0.176. The van der Waals surface area contributed by atoms with E-state index in [9.17, 15) is 4.79 Å². The van der Waals surface area contributed by atoms with Gasteiger partial charge in [-0.2, -0.15) is 0 Å². The quantitative estimate of drug-likeness (QED) is 0.804. The zero-order valence-electron chi connectivity index (χ0n) is 12.3. The molecule has 3 heterocycles. The largest absolute Gasteiger partial charge is 0.490 e. The molecule has 6 heteroatoms. The van der Waals surface area contributed by atoms with Crippen LogP contribution >= 0.6 is 11.6 Å². The molecule has 0 spiro atoms. The van der Waals surface area contributed by atoms with Gasteiger partial charge in [-0.15, -0.1) is 0 Å². The number of halogens is 1. The first-order valence-corrected chi connectivity index (χ1v) is 7.73. The fourth-order valence-electron chi connectivity index (χ4n) is 2.87. The van der Waals surface area contributed by atoms with Gasteiger partial charge in [0.1, 0.15) is 18.1 Å². The molecule has 5 nitrogen and oxygen atoms in total. The molecule has 0 radical (unpaired) electrons. The highest BCUT2D eigenvalue weighted by Gasteiger charge is 2.22. The average molecular weight is 328 g/mol. The summed E-state index contributed by atoms with van der Waals surface area (Å²) in [7, 11) is 0. The lowest BCUT2D eigenvalue weighted by atomic mass is 10.2. The molecule has 0 atom stereocenters. The third kappa shape index (κ3) is 2.43. The minimum absolute atomic E-state index is 0.131. The highest BCUT2D eigenvalue weighted by atomic mass is 35.5. The monoisotopic (exact) mass is 327 g/mol. The summed E-state index contributed by atoms with van der Waals surface area (Å²) in [6.07, 6.45) is 3.44. The van der Waals surface area contributed by atoms with Crippen molar-refractivity contribution in [3.8, 4) is 5.75 Å². The van der Waals surface area contributed by atoms with Crippen LogP contribution in [0.2, 0.25) is 5.02 Å². The molecule has 0 fully saturated rings. The number of benzene rings is 1. The van der Waals surface area contributed by atoms with E-state index in [1.54, 1.807) is 18.5 Å². The van der Waals surface area contributed by atoms with E-state index < -0.39 is 0 Å². The fourth-order valence-corrected chi connectivity index (χ4v) is 3.08. The highest BCUT2D eigenvalue weighted by molar-refractivity contribution is 6.36. The van der Waals surface area contributed by atoms with E-state index in [2.05, 4.69) is 10.3 Å². The molecule has 116 valence electrons. The third-order valence-corrected chi connectivity index (χ3v) is 4.28. The molecule has 1 aliphatic rings. The smallest absolute Gasteiger partial charge is 0.268 e. The predicted octanol–water partition coefficient (Wildman–Crippen LogP) is 3.01. The number of nitrogens with zero attached hydrogens (tertiary/aromatic N) is 2. The van der Waals surface area contributed by atoms with E-state index >= 15 is 0 Å². The van der Waals surface area contributed by atoms with E-state index in [0.29, 0.717) is 30.4 Å². The Labute approximate surface area is 137 Å². The van der Waals surface area contributed by atoms with E-state index in [0.717, 1.165) is 22.2 Å². The first kappa shape index (κ1) is 14.1. The molecule has 2 aromatic heterocycles. The molecule has 1 N–H and O–H groups in total. The summed E-state index contributed by atoms with van der Waals surface area (Å²) >= 11 is 6.26. The second kappa shape index (κ2) is 5.59. The maximum Gasteiger partial charge on any atom is 0.268 e. The van der Waals surface area contributed by atoms with Crippen LogP contribution in [-0.4, -0.2) is 22.1 Å². The van der Waals surface area contributed by atoms with Crippen LogP contribution in [0.15, 0.2) is 42.7 Å². The van der Waals surface area contributed by atoms with Crippen LogP contribution in [0.1, 0.15) is 16.1 Å². The number of hydrogen-bond donors (Lipinski definition) is 1. The van der Waals surface area contributed by atoms with Gasteiger partial charge in [0.25, 0.3) is 5.91 Å². The van der Waals surface area contributed by atoms with Crippen molar-refractivity contribution in [3.63, 3.8) is 0 Å². The van der Waals surface area contributed by atoms with Crippen molar-refractivity contribution in [1.29, 1.82) is 0 Å². The Balaban J connectivity index is 1.68. The molecular formula is C17H14ClN3O2. The van der Waals surface area contributed by atoms with Gasteiger partial charge in [0.2, 0.25) is 0 Å². The van der Waals surface area contributed by atoms with E-state index in [4.69, 9.17) is 16.3 Å². The number of aromatic nitrogens is 2. The van der Waals surface area contributed by atoms with Gasteiger partial charge in [-0.05, 0) is 29.8 Å². The number of pyridine rings is 1. The Morgan fingerprint density at radius 2 is 2.30 bits per heavy atom. The summed E-state index contributed by atoms with van der Waals surface area (Å²) in [6.45, 7) is 1.61. The van der Waals surface area contributed by atoms with Crippen molar-refractivity contribution >= 4 is 28.4 Å². The molecule has 0 saturated carbocycles. The zero-order valence-corrected chi connectivity index (χ0v) is 13.0. The maximum absolute atomic E-state index is 12.6. The normalized spacial score (nSPS) is 12.9. The van der Waals surface area contributed by atoms with E-state index in [1.807, 2.05) is 28.8 Å². The average Bonchev–Trinajstić information content (AvgIpc) is 2.99. The number of carbonyl (C=O) groups excluding carboxylic acids is 1. The lowest BCUT2D eigenvalue weighted by molar-refractivity contribution is 0.0940. The van der Waals surface area contributed by atoms with Crippen LogP contribution in [0.25, 0.3) is 10.9 Å². The highest BCUT2D eigenvalue weighted by Crippen LogP contribution is 2.36. The summed E-state index contributed by atoms with van der Waals surface area (Å²) in [5, 5.41) is 4.39. The second-order valence-electron chi connectivity index (χ2n) is 5.38. The van der Waals surface area contributed by atoms with Crippen LogP contribution in [0.4, 0.5) is 0 Å². The third-order valence-electron chi connectivity index (χ3n) is 3.95. The number of rotatable bonds is 3. The summed E-state index contributed by atoms with van der Waals surface area (Å²) in [6, 6.07) is 9.24. The molecule has 0 bridgehead atoms. The summed E-state index contributed by atoms with van der Waals surface area (Å²) in [5.74, 6) is 0.635. The van der Waals surface area contributed by atoms with Gasteiger partial charge in [-0.3, -0.25) is 9.78 Å². The zero-order chi connectivity index (χ0) is 15.8. The molecule has 0 unspecified atom stereocenters. The lowest BCUT2D eigenvalue weighted by Crippen LogP contribution is -2.27. The van der Waals surface area contributed by atoms with Crippen LogP contribution in [-0.2, 0) is 13.1 Å². The molecule has 1 amide bonds. The first-order chi connectivity index (χ1) is 11.2. The van der Waals surface area contributed by atoms with Crippen molar-refractivity contribution < 1.29 is 9.53 Å². The Hall–Kier alpha value is -2.53. The van der Waals surface area contributed by atoms with Crippen molar-refractivity contribution in [2.24, 2.45) is 0 Å². The second-order valence-corrected chi connectivity index (χ2v) is 5.79. The van der Waals surface area contributed by atoms with Gasteiger partial charge in [-0.25, -0.2) is 0 Å². The summed E-state index contributed by atoms with van der Waals surface area (Å²) in [5.41, 5.74) is 2.44. The van der Waals surface area contributed by atoms with Gasteiger partial charge in [0.05, 0.1) is 17.1 Å². The topological polar surface area (TPSA) is 56.2 Å². The van der Waals surface area contributed by atoms with Crippen molar-refractivity contribution in [2.45, 2.75) is 13.1 Å². The Morgan fingerprint density at radius 3 is 3.13 bits per heavy atom. The lowest BCUT2D eigenvalue weighted by Gasteiger charge is -2.19. The Bertz CT molecular complexity index is 890. The Kier molecular flexibility index (Phi) is 3.42. The van der Waals surface area contributed by atoms with Gasteiger partial charge in [-0.1, -0.05) is 17.7 Å². The van der Waals surface area contributed by atoms with Gasteiger partial charge in [0, 0.05) is 24.3 Å². The molecule has 1 aromatic carbocycles. The van der Waals surface area contributed by atoms with Gasteiger partial charge in [0.15, 0.2) is 0 Å². The molecule has 0 saturated heterocycles. The summed E-state index contributed by atoms with van der Waals surface area (Å²) < 4.78 is 7.62. The Morgan fingerprint density at radius 1 is 1.39 bits per heavy atom. The van der Waals surface area contributed by atoms with Crippen molar-refractivity contribution in [1.82, 2.24) is 14.9 Å². The molecule has 23 heavy (non-hydrogen) atoms. The number of ether oxygens (including phenoxy) is 1. The van der Waals surface area contributed by atoms with Crippen molar-refractivity contribution in [3.05, 3.63) is 59.0 Å². The van der Waals surface area contributed by atoms with Crippen molar-refractivity contribution in [2.75, 3.05) is 6.61 Å².